The average molecular weight is 425 g/mol. The summed E-state index contributed by atoms with van der Waals surface area (Å²) in [5.74, 6) is 5.13. The second kappa shape index (κ2) is 7.49. The van der Waals surface area contributed by atoms with Crippen LogP contribution in [0.1, 0.15) is 0 Å². The van der Waals surface area contributed by atoms with Crippen LogP contribution < -0.4 is 28.4 Å². The van der Waals surface area contributed by atoms with Crippen LogP contribution in [0.5, 0.6) is 34.5 Å². The van der Waals surface area contributed by atoms with Gasteiger partial charge in [-0.3, -0.25) is 0 Å². The van der Waals surface area contributed by atoms with Gasteiger partial charge >= 0.3 is 0 Å². The van der Waals surface area contributed by atoms with E-state index in [9.17, 15) is 0 Å². The summed E-state index contributed by atoms with van der Waals surface area (Å²) in [4.78, 5) is 2.14. The highest BCUT2D eigenvalue weighted by molar-refractivity contribution is 7.21. The van der Waals surface area contributed by atoms with E-state index >= 15 is 0 Å². The van der Waals surface area contributed by atoms with E-state index in [2.05, 4.69) is 0 Å². The highest BCUT2D eigenvalue weighted by Crippen LogP contribution is 2.53. The molecule has 3 aliphatic heterocycles. The summed E-state index contributed by atoms with van der Waals surface area (Å²) in [7, 11) is 0. The molecule has 6 rings (SSSR count). The van der Waals surface area contributed by atoms with Gasteiger partial charge in [-0.05, 0) is 0 Å². The van der Waals surface area contributed by atoms with E-state index in [0.717, 1.165) is 44.3 Å². The summed E-state index contributed by atoms with van der Waals surface area (Å²) in [6.07, 6.45) is 0. The van der Waals surface area contributed by atoms with Crippen LogP contribution in [0.15, 0.2) is 21.5 Å². The number of fused-ring (bicyclic) bond motifs is 3. The highest BCUT2D eigenvalue weighted by Gasteiger charge is 2.26. The van der Waals surface area contributed by atoms with E-state index in [1.807, 2.05) is 21.5 Å². The maximum absolute atomic E-state index is 5.71. The standard InChI is InChI=1S/C12H10O4S2.C6H6O2S/c1-3-15-9-7(13-1)5-17-11(9)12-10-8(6-18-12)14-2-4-16-10;1-2-8-6-4-9-3-5(6)7-1/h5-6H,1-4H2;3-4H,1-2H2. The molecule has 0 atom stereocenters. The zero-order chi connectivity index (χ0) is 18.1. The molecule has 0 radical (unpaired) electrons. The lowest BCUT2D eigenvalue weighted by Gasteiger charge is -2.18. The zero-order valence-corrected chi connectivity index (χ0v) is 16.7. The molecule has 3 aromatic rings. The first-order chi connectivity index (χ1) is 13.4. The van der Waals surface area contributed by atoms with Crippen molar-refractivity contribution in [3.05, 3.63) is 21.5 Å². The van der Waals surface area contributed by atoms with Crippen LogP contribution in [0.2, 0.25) is 0 Å². The third-order valence-electron chi connectivity index (χ3n) is 4.00. The predicted molar refractivity (Wildman–Crippen MR) is 105 cm³/mol. The SMILES string of the molecule is c1sc(-c2scc3c2OCCO3)c2c1OCCO2.c1scc2c1OCCO2. The fourth-order valence-electron chi connectivity index (χ4n) is 2.83. The van der Waals surface area contributed by atoms with Gasteiger partial charge in [0, 0.05) is 21.5 Å². The maximum atomic E-state index is 5.71. The molecule has 0 bridgehead atoms. The summed E-state index contributed by atoms with van der Waals surface area (Å²) in [6, 6.07) is 0. The zero-order valence-electron chi connectivity index (χ0n) is 14.2. The van der Waals surface area contributed by atoms with Crippen molar-refractivity contribution in [1.29, 1.82) is 0 Å². The molecule has 0 saturated heterocycles. The molecule has 27 heavy (non-hydrogen) atoms. The van der Waals surface area contributed by atoms with Crippen LogP contribution in [-0.2, 0) is 0 Å². The topological polar surface area (TPSA) is 55.4 Å². The number of rotatable bonds is 1. The molecule has 3 aliphatic rings. The van der Waals surface area contributed by atoms with E-state index < -0.39 is 0 Å². The Morgan fingerprint density at radius 2 is 0.889 bits per heavy atom. The van der Waals surface area contributed by atoms with Crippen molar-refractivity contribution in [3.63, 3.8) is 0 Å². The molecule has 9 heteroatoms. The first-order valence-corrected chi connectivity index (χ1v) is 11.2. The third kappa shape index (κ3) is 3.30. The summed E-state index contributed by atoms with van der Waals surface area (Å²) < 4.78 is 33.0. The van der Waals surface area contributed by atoms with Crippen LogP contribution in [0, 0.1) is 0 Å². The van der Waals surface area contributed by atoms with Crippen molar-refractivity contribution in [2.24, 2.45) is 0 Å². The van der Waals surface area contributed by atoms with Gasteiger partial charge in [0.2, 0.25) is 0 Å². The highest BCUT2D eigenvalue weighted by atomic mass is 32.1. The van der Waals surface area contributed by atoms with Gasteiger partial charge in [0.25, 0.3) is 0 Å². The van der Waals surface area contributed by atoms with Gasteiger partial charge in [0.15, 0.2) is 34.5 Å². The minimum absolute atomic E-state index is 0.599. The maximum Gasteiger partial charge on any atom is 0.180 e. The van der Waals surface area contributed by atoms with Crippen LogP contribution in [-0.4, -0.2) is 39.6 Å². The second-order valence-electron chi connectivity index (χ2n) is 5.71. The molecule has 6 heterocycles. The van der Waals surface area contributed by atoms with Crippen molar-refractivity contribution in [3.8, 4) is 44.3 Å². The summed E-state index contributed by atoms with van der Waals surface area (Å²) in [6.45, 7) is 3.80. The minimum atomic E-state index is 0.599. The molecule has 0 N–H and O–H groups in total. The fraction of sp³-hybridized carbons (Fsp3) is 0.333. The lowest BCUT2D eigenvalue weighted by Crippen LogP contribution is -2.15. The fourth-order valence-corrected chi connectivity index (χ4v) is 5.53. The third-order valence-corrected chi connectivity index (χ3v) is 6.74. The molecular formula is C18H16O6S3. The van der Waals surface area contributed by atoms with E-state index in [0.29, 0.717) is 39.6 Å². The molecule has 0 unspecified atom stereocenters. The molecule has 0 amide bonds. The molecule has 0 spiro atoms. The Labute approximate surface area is 167 Å². The molecule has 142 valence electrons. The first-order valence-electron chi connectivity index (χ1n) is 8.46. The van der Waals surface area contributed by atoms with E-state index in [1.54, 1.807) is 34.0 Å². The average Bonchev–Trinajstić information content (AvgIpc) is 3.45. The van der Waals surface area contributed by atoms with Crippen LogP contribution >= 0.6 is 34.0 Å². The Balaban J connectivity index is 0.000000149. The largest absolute Gasteiger partial charge is 0.485 e. The number of thiophene rings is 3. The van der Waals surface area contributed by atoms with Crippen LogP contribution in [0.25, 0.3) is 9.75 Å². The molecule has 0 aromatic carbocycles. The lowest BCUT2D eigenvalue weighted by atomic mass is 10.3. The lowest BCUT2D eigenvalue weighted by molar-refractivity contribution is 0.172. The normalized spacial score (nSPS) is 16.3. The van der Waals surface area contributed by atoms with Crippen molar-refractivity contribution in [1.82, 2.24) is 0 Å². The van der Waals surface area contributed by atoms with Crippen molar-refractivity contribution < 1.29 is 28.4 Å². The summed E-state index contributed by atoms with van der Waals surface area (Å²) >= 11 is 4.85. The monoisotopic (exact) mass is 424 g/mol. The van der Waals surface area contributed by atoms with Crippen molar-refractivity contribution >= 4 is 34.0 Å². The van der Waals surface area contributed by atoms with E-state index in [-0.39, 0.29) is 0 Å². The Morgan fingerprint density at radius 1 is 0.481 bits per heavy atom. The molecule has 0 fully saturated rings. The van der Waals surface area contributed by atoms with Gasteiger partial charge in [-0.1, -0.05) is 0 Å². The van der Waals surface area contributed by atoms with Gasteiger partial charge in [-0.15, -0.1) is 34.0 Å². The number of hydrogen-bond donors (Lipinski definition) is 0. The van der Waals surface area contributed by atoms with Gasteiger partial charge in [-0.2, -0.15) is 0 Å². The molecule has 0 aliphatic carbocycles. The number of hydrogen-bond acceptors (Lipinski definition) is 9. The van der Waals surface area contributed by atoms with Crippen molar-refractivity contribution in [2.75, 3.05) is 39.6 Å². The van der Waals surface area contributed by atoms with Crippen molar-refractivity contribution in [2.45, 2.75) is 0 Å². The molecular weight excluding hydrogens is 408 g/mol. The molecule has 6 nitrogen and oxygen atoms in total. The van der Waals surface area contributed by atoms with Gasteiger partial charge < -0.3 is 28.4 Å². The molecule has 0 saturated carbocycles. The predicted octanol–water partition coefficient (Wildman–Crippen LogP) is 4.54. The summed E-state index contributed by atoms with van der Waals surface area (Å²) in [5, 5.41) is 7.88. The second-order valence-corrected chi connectivity index (χ2v) is 8.21. The molecule has 3 aromatic heterocycles. The van der Waals surface area contributed by atoms with Gasteiger partial charge in [-0.25, -0.2) is 0 Å². The Bertz CT molecular complexity index is 855. The van der Waals surface area contributed by atoms with Gasteiger partial charge in [0.05, 0.1) is 9.75 Å². The Hall–Kier alpha value is -2.10. The number of ether oxygens (including phenoxy) is 6. The van der Waals surface area contributed by atoms with Gasteiger partial charge in [0.1, 0.15) is 39.6 Å². The van der Waals surface area contributed by atoms with Crippen LogP contribution in [0.3, 0.4) is 0 Å². The van der Waals surface area contributed by atoms with Crippen LogP contribution in [0.4, 0.5) is 0 Å². The minimum Gasteiger partial charge on any atom is -0.485 e. The smallest absolute Gasteiger partial charge is 0.180 e. The Morgan fingerprint density at radius 3 is 1.37 bits per heavy atom. The van der Waals surface area contributed by atoms with E-state index in [1.165, 1.54) is 0 Å². The summed E-state index contributed by atoms with van der Waals surface area (Å²) in [5.41, 5.74) is 0. The Kier molecular flexibility index (Phi) is 4.73. The quantitative estimate of drug-likeness (QED) is 0.572. The first kappa shape index (κ1) is 17.0. The van der Waals surface area contributed by atoms with E-state index in [4.69, 9.17) is 28.4 Å².